The zero-order valence-electron chi connectivity index (χ0n) is 11.6. The topological polar surface area (TPSA) is 51.4 Å². The van der Waals surface area contributed by atoms with Gasteiger partial charge in [0, 0.05) is 20.6 Å². The van der Waals surface area contributed by atoms with E-state index in [0.717, 1.165) is 19.0 Å². The molecule has 102 valence electrons. The molecule has 1 aliphatic rings. The fourth-order valence-corrected chi connectivity index (χ4v) is 2.69. The van der Waals surface area contributed by atoms with Crippen molar-refractivity contribution in [2.75, 3.05) is 20.7 Å². The lowest BCUT2D eigenvalue weighted by Crippen LogP contribution is -2.30. The summed E-state index contributed by atoms with van der Waals surface area (Å²) in [5.74, 6) is 2.12. The highest BCUT2D eigenvalue weighted by Crippen LogP contribution is 2.26. The van der Waals surface area contributed by atoms with Gasteiger partial charge < -0.3 is 9.15 Å². The van der Waals surface area contributed by atoms with Crippen LogP contribution in [-0.2, 0) is 11.3 Å². The quantitative estimate of drug-likeness (QED) is 0.803. The van der Waals surface area contributed by atoms with Gasteiger partial charge in [-0.05, 0) is 38.6 Å². The molecule has 18 heavy (non-hydrogen) atoms. The van der Waals surface area contributed by atoms with Gasteiger partial charge in [0.15, 0.2) is 0 Å². The van der Waals surface area contributed by atoms with Gasteiger partial charge in [0.05, 0.1) is 12.6 Å². The van der Waals surface area contributed by atoms with Crippen LogP contribution in [0.1, 0.15) is 37.5 Å². The van der Waals surface area contributed by atoms with Crippen LogP contribution in [0.4, 0.5) is 0 Å². The molecule has 1 aliphatic carbocycles. The Morgan fingerprint density at radius 2 is 2.00 bits per heavy atom. The van der Waals surface area contributed by atoms with Crippen molar-refractivity contribution in [2.24, 2.45) is 5.92 Å². The molecule has 1 aromatic rings. The third kappa shape index (κ3) is 3.78. The van der Waals surface area contributed by atoms with Crippen molar-refractivity contribution in [3.63, 3.8) is 0 Å². The summed E-state index contributed by atoms with van der Waals surface area (Å²) in [7, 11) is 3.93. The molecular formula is C13H23N3O2. The van der Waals surface area contributed by atoms with Crippen LogP contribution in [0.25, 0.3) is 0 Å². The molecule has 0 atom stereocenters. The monoisotopic (exact) mass is 253 g/mol. The Balaban J connectivity index is 1.73. The van der Waals surface area contributed by atoms with Gasteiger partial charge >= 0.3 is 0 Å². The molecule has 0 aliphatic heterocycles. The van der Waals surface area contributed by atoms with E-state index in [0.29, 0.717) is 17.9 Å². The van der Waals surface area contributed by atoms with Crippen molar-refractivity contribution in [2.45, 2.75) is 45.3 Å². The zero-order chi connectivity index (χ0) is 13.0. The SMILES string of the molecule is COC1CCC(CN(C)Cc2nnc(C)o2)CC1. The van der Waals surface area contributed by atoms with Gasteiger partial charge in [0.2, 0.25) is 11.8 Å². The van der Waals surface area contributed by atoms with E-state index >= 15 is 0 Å². The molecule has 0 bridgehead atoms. The minimum absolute atomic E-state index is 0.477. The van der Waals surface area contributed by atoms with Gasteiger partial charge in [-0.2, -0.15) is 0 Å². The summed E-state index contributed by atoms with van der Waals surface area (Å²) in [4.78, 5) is 2.27. The Kier molecular flexibility index (Phi) is 4.72. The minimum atomic E-state index is 0.477. The third-order valence-electron chi connectivity index (χ3n) is 3.67. The molecule has 1 saturated carbocycles. The second-order valence-electron chi connectivity index (χ2n) is 5.29. The summed E-state index contributed by atoms with van der Waals surface area (Å²) in [5.41, 5.74) is 0. The van der Waals surface area contributed by atoms with Crippen molar-refractivity contribution < 1.29 is 9.15 Å². The van der Waals surface area contributed by atoms with Crippen LogP contribution in [0.2, 0.25) is 0 Å². The predicted octanol–water partition coefficient (Wildman–Crippen LogP) is 2.02. The fourth-order valence-electron chi connectivity index (χ4n) is 2.69. The number of ether oxygens (including phenoxy) is 1. The highest BCUT2D eigenvalue weighted by molar-refractivity contribution is 4.80. The average Bonchev–Trinajstić information content (AvgIpc) is 2.75. The Morgan fingerprint density at radius 3 is 2.56 bits per heavy atom. The highest BCUT2D eigenvalue weighted by atomic mass is 16.5. The van der Waals surface area contributed by atoms with Crippen molar-refractivity contribution in [3.05, 3.63) is 11.8 Å². The normalized spacial score (nSPS) is 24.7. The van der Waals surface area contributed by atoms with Crippen LogP contribution in [0.15, 0.2) is 4.42 Å². The van der Waals surface area contributed by atoms with Crippen LogP contribution in [-0.4, -0.2) is 41.9 Å². The van der Waals surface area contributed by atoms with Gasteiger partial charge in [-0.3, -0.25) is 4.90 Å². The second kappa shape index (κ2) is 6.29. The van der Waals surface area contributed by atoms with Gasteiger partial charge in [-0.1, -0.05) is 0 Å². The number of aromatic nitrogens is 2. The van der Waals surface area contributed by atoms with Crippen molar-refractivity contribution in [1.29, 1.82) is 0 Å². The van der Waals surface area contributed by atoms with Crippen LogP contribution < -0.4 is 0 Å². The standard InChI is InChI=1S/C13H23N3O2/c1-10-14-15-13(18-10)9-16(2)8-11-4-6-12(17-3)7-5-11/h11-12H,4-9H2,1-3H3. The zero-order valence-corrected chi connectivity index (χ0v) is 11.6. The average molecular weight is 253 g/mol. The molecule has 1 fully saturated rings. The summed E-state index contributed by atoms with van der Waals surface area (Å²) in [6.45, 7) is 3.66. The first-order valence-corrected chi connectivity index (χ1v) is 6.67. The summed E-state index contributed by atoms with van der Waals surface area (Å²) >= 11 is 0. The number of aryl methyl sites for hydroxylation is 1. The number of rotatable bonds is 5. The van der Waals surface area contributed by atoms with Crippen LogP contribution in [0, 0.1) is 12.8 Å². The molecule has 2 rings (SSSR count). The summed E-state index contributed by atoms with van der Waals surface area (Å²) in [5, 5.41) is 7.87. The molecular weight excluding hydrogens is 230 g/mol. The number of hydrogen-bond acceptors (Lipinski definition) is 5. The number of hydrogen-bond donors (Lipinski definition) is 0. The lowest BCUT2D eigenvalue weighted by molar-refractivity contribution is 0.0504. The first-order valence-electron chi connectivity index (χ1n) is 6.67. The Morgan fingerprint density at radius 1 is 1.28 bits per heavy atom. The molecule has 1 aromatic heterocycles. The van der Waals surface area contributed by atoms with E-state index in [2.05, 4.69) is 22.1 Å². The molecule has 0 radical (unpaired) electrons. The molecule has 5 heteroatoms. The highest BCUT2D eigenvalue weighted by Gasteiger charge is 2.22. The van der Waals surface area contributed by atoms with Gasteiger partial charge in [0.25, 0.3) is 0 Å². The first kappa shape index (κ1) is 13.5. The van der Waals surface area contributed by atoms with E-state index in [1.807, 2.05) is 14.0 Å². The van der Waals surface area contributed by atoms with Crippen LogP contribution >= 0.6 is 0 Å². The maximum atomic E-state index is 5.40. The molecule has 0 saturated heterocycles. The van der Waals surface area contributed by atoms with E-state index in [1.54, 1.807) is 0 Å². The number of nitrogens with zero attached hydrogens (tertiary/aromatic N) is 3. The fraction of sp³-hybridized carbons (Fsp3) is 0.846. The molecule has 0 amide bonds. The minimum Gasteiger partial charge on any atom is -0.424 e. The third-order valence-corrected chi connectivity index (χ3v) is 3.67. The maximum Gasteiger partial charge on any atom is 0.230 e. The van der Waals surface area contributed by atoms with Gasteiger partial charge in [-0.25, -0.2) is 0 Å². The van der Waals surface area contributed by atoms with E-state index in [-0.39, 0.29) is 0 Å². The Bertz CT molecular complexity index is 359. The second-order valence-corrected chi connectivity index (χ2v) is 5.29. The lowest BCUT2D eigenvalue weighted by Gasteiger charge is -2.30. The molecule has 1 heterocycles. The first-order chi connectivity index (χ1) is 8.67. The molecule has 0 spiro atoms. The smallest absolute Gasteiger partial charge is 0.230 e. The summed E-state index contributed by atoms with van der Waals surface area (Å²) in [6.07, 6.45) is 5.37. The van der Waals surface area contributed by atoms with E-state index in [9.17, 15) is 0 Å². The summed E-state index contributed by atoms with van der Waals surface area (Å²) < 4.78 is 10.8. The Labute approximate surface area is 109 Å². The molecule has 0 aromatic carbocycles. The van der Waals surface area contributed by atoms with Crippen LogP contribution in [0.3, 0.4) is 0 Å². The lowest BCUT2D eigenvalue weighted by atomic mass is 9.87. The van der Waals surface area contributed by atoms with Gasteiger partial charge in [-0.15, -0.1) is 10.2 Å². The van der Waals surface area contributed by atoms with Gasteiger partial charge in [0.1, 0.15) is 0 Å². The molecule has 5 nitrogen and oxygen atoms in total. The largest absolute Gasteiger partial charge is 0.424 e. The van der Waals surface area contributed by atoms with E-state index in [4.69, 9.17) is 9.15 Å². The molecule has 0 unspecified atom stereocenters. The van der Waals surface area contributed by atoms with Crippen molar-refractivity contribution >= 4 is 0 Å². The molecule has 0 N–H and O–H groups in total. The number of methoxy groups -OCH3 is 1. The predicted molar refractivity (Wildman–Crippen MR) is 68.1 cm³/mol. The summed E-state index contributed by atoms with van der Waals surface area (Å²) in [6, 6.07) is 0. The maximum absolute atomic E-state index is 5.40. The van der Waals surface area contributed by atoms with Crippen molar-refractivity contribution in [1.82, 2.24) is 15.1 Å². The van der Waals surface area contributed by atoms with E-state index in [1.165, 1.54) is 25.7 Å². The Hall–Kier alpha value is -0.940. The van der Waals surface area contributed by atoms with Crippen molar-refractivity contribution in [3.8, 4) is 0 Å². The van der Waals surface area contributed by atoms with Crippen LogP contribution in [0.5, 0.6) is 0 Å². The van der Waals surface area contributed by atoms with E-state index < -0.39 is 0 Å².